The van der Waals surface area contributed by atoms with Gasteiger partial charge in [0.15, 0.2) is 27.1 Å². The molecule has 2 unspecified atom stereocenters. The van der Waals surface area contributed by atoms with Crippen LogP contribution in [0, 0.1) is 0 Å². The Balaban J connectivity index is 1.42. The highest BCUT2D eigenvalue weighted by Crippen LogP contribution is 2.43. The van der Waals surface area contributed by atoms with Crippen molar-refractivity contribution in [3.63, 3.8) is 0 Å². The quantitative estimate of drug-likeness (QED) is 0.129. The summed E-state index contributed by atoms with van der Waals surface area (Å²) in [5.74, 6) is 0. The van der Waals surface area contributed by atoms with Crippen molar-refractivity contribution in [1.29, 1.82) is 0 Å². The van der Waals surface area contributed by atoms with Crippen molar-refractivity contribution >= 4 is 149 Å². The Hall–Kier alpha value is -4.20. The minimum atomic E-state index is -5.11. The summed E-state index contributed by atoms with van der Waals surface area (Å²) in [7, 11) is -47.6. The standard InChI is InChI=1S/C55H66O14Si12/c1-70-56-74(48-32-16-8-17-33-48)60-78(52-40-24-12-25-41-52)62-75(57-71(2)3,49-34-18-9-19-35-49)63-79(61-74,53-42-26-13-27-43-53)69-81(55-46-30-15-31-47-55)65-76(58-72(4)5,50-36-20-10-21-37-50)64-80(68-78,54-44-28-14-29-45-54)66-77(67-81,59-73(6)7)51-38-22-11-23-39-51/h8-47,71-73H,70H2,1-7H3. The van der Waals surface area contributed by atoms with Crippen LogP contribution in [0.1, 0.15) is 0 Å². The smallest absolute Gasteiger partial charge is 0.419 e. The van der Waals surface area contributed by atoms with Gasteiger partial charge in [0.05, 0.1) is 0 Å². The van der Waals surface area contributed by atoms with Gasteiger partial charge in [-0.1, -0.05) is 249 Å². The van der Waals surface area contributed by atoms with E-state index in [-0.39, 0.29) is 0 Å². The van der Waals surface area contributed by atoms with Gasteiger partial charge in [-0.15, -0.1) is 0 Å². The zero-order chi connectivity index (χ0) is 56.2. The lowest BCUT2D eigenvalue weighted by Gasteiger charge is -2.57. The van der Waals surface area contributed by atoms with Crippen molar-refractivity contribution < 1.29 is 57.6 Å². The molecule has 4 fully saturated rings. The molecule has 8 aromatic rings. The molecular weight excluding hydrogens is 1220 g/mol. The molecule has 26 heteroatoms. The summed E-state index contributed by atoms with van der Waals surface area (Å²) >= 11 is 0. The van der Waals surface area contributed by atoms with Crippen molar-refractivity contribution in [2.75, 3.05) is 0 Å². The van der Waals surface area contributed by atoms with E-state index in [0.717, 1.165) is 0 Å². The van der Waals surface area contributed by atoms with Crippen LogP contribution in [0.3, 0.4) is 0 Å². The lowest BCUT2D eigenvalue weighted by molar-refractivity contribution is 0.0500. The second-order valence-electron chi connectivity index (χ2n) is 20.3. The Morgan fingerprint density at radius 1 is 0.247 bits per heavy atom. The second-order valence-corrected chi connectivity index (χ2v) is 52.9. The Labute approximate surface area is 491 Å². The molecule has 4 bridgehead atoms. The first-order chi connectivity index (χ1) is 39.2. The maximum atomic E-state index is 8.62. The van der Waals surface area contributed by atoms with Crippen LogP contribution in [0.5, 0.6) is 0 Å². The van der Waals surface area contributed by atoms with E-state index in [1.165, 1.54) is 0 Å². The van der Waals surface area contributed by atoms with Crippen molar-refractivity contribution in [2.45, 2.75) is 45.8 Å². The highest BCUT2D eigenvalue weighted by Gasteiger charge is 2.80. The number of benzene rings is 8. The van der Waals surface area contributed by atoms with Gasteiger partial charge in [-0.25, -0.2) is 0 Å². The van der Waals surface area contributed by atoms with Crippen LogP contribution in [-0.2, 0) is 57.6 Å². The molecule has 4 heterocycles. The lowest BCUT2D eigenvalue weighted by atomic mass is 10.4. The second kappa shape index (κ2) is 24.4. The third-order valence-electron chi connectivity index (χ3n) is 13.2. The molecule has 0 aliphatic carbocycles. The van der Waals surface area contributed by atoms with Crippen LogP contribution in [-0.4, -0.2) is 107 Å². The van der Waals surface area contributed by atoms with E-state index in [2.05, 4.69) is 45.8 Å². The highest BCUT2D eigenvalue weighted by atomic mass is 28.6. The molecule has 0 spiro atoms. The Bertz CT molecular complexity index is 3130. The molecule has 14 nitrogen and oxygen atoms in total. The molecule has 4 aliphatic rings. The minimum Gasteiger partial charge on any atom is -0.419 e. The van der Waals surface area contributed by atoms with Crippen molar-refractivity contribution in [2.24, 2.45) is 0 Å². The number of hydrogen-bond acceptors (Lipinski definition) is 14. The van der Waals surface area contributed by atoms with E-state index in [1.54, 1.807) is 0 Å². The maximum absolute atomic E-state index is 8.62. The van der Waals surface area contributed by atoms with Crippen LogP contribution in [0.2, 0.25) is 45.8 Å². The molecule has 0 amide bonds. The van der Waals surface area contributed by atoms with Gasteiger partial charge >= 0.3 is 70.4 Å². The fraction of sp³-hybridized carbons (Fsp3) is 0.127. The first kappa shape index (κ1) is 58.6. The van der Waals surface area contributed by atoms with Crippen LogP contribution < -0.4 is 41.5 Å². The highest BCUT2D eigenvalue weighted by molar-refractivity contribution is 7.10. The van der Waals surface area contributed by atoms with Crippen molar-refractivity contribution in [3.05, 3.63) is 243 Å². The molecule has 4 aliphatic heterocycles. The Morgan fingerprint density at radius 2 is 0.420 bits per heavy atom. The molecule has 0 radical (unpaired) electrons. The molecule has 0 saturated carbocycles. The Morgan fingerprint density at radius 3 is 0.605 bits per heavy atom. The molecule has 4 saturated heterocycles. The van der Waals surface area contributed by atoms with Gasteiger partial charge in [0.25, 0.3) is 0 Å². The summed E-state index contributed by atoms with van der Waals surface area (Å²) in [6, 6.07) is 78.2. The molecular formula is C55H66O14Si12. The van der Waals surface area contributed by atoms with E-state index < -0.39 is 107 Å². The average Bonchev–Trinajstić information content (AvgIpc) is 3.42. The molecule has 0 N–H and O–H groups in total. The van der Waals surface area contributed by atoms with Gasteiger partial charge in [-0.3, -0.25) is 0 Å². The zero-order valence-corrected chi connectivity index (χ0v) is 59.1. The van der Waals surface area contributed by atoms with Crippen LogP contribution in [0.15, 0.2) is 243 Å². The van der Waals surface area contributed by atoms with Gasteiger partial charge < -0.3 is 57.6 Å². The zero-order valence-electron chi connectivity index (χ0n) is 46.2. The number of hydrogen-bond donors (Lipinski definition) is 0. The third-order valence-corrected chi connectivity index (χ3v) is 55.1. The number of rotatable bonds is 16. The maximum Gasteiger partial charge on any atom is 0.515 e. The summed E-state index contributed by atoms with van der Waals surface area (Å²) in [5, 5.41) is 4.60. The summed E-state index contributed by atoms with van der Waals surface area (Å²) in [6.45, 7) is 14.6. The molecule has 2 atom stereocenters. The monoisotopic (exact) mass is 1290 g/mol. The predicted octanol–water partition coefficient (Wildman–Crippen LogP) is 4.11. The summed E-state index contributed by atoms with van der Waals surface area (Å²) in [5.41, 5.74) is 0. The molecule has 0 aromatic heterocycles. The van der Waals surface area contributed by atoms with Crippen LogP contribution >= 0.6 is 0 Å². The Kier molecular flexibility index (Phi) is 17.7. The van der Waals surface area contributed by atoms with E-state index in [9.17, 15) is 0 Å². The van der Waals surface area contributed by atoms with Crippen LogP contribution in [0.25, 0.3) is 0 Å². The first-order valence-corrected chi connectivity index (χ1v) is 51.5. The van der Waals surface area contributed by atoms with Crippen LogP contribution in [0.4, 0.5) is 0 Å². The summed E-state index contributed by atoms with van der Waals surface area (Å²) in [4.78, 5) is 0. The van der Waals surface area contributed by atoms with E-state index in [4.69, 9.17) is 57.6 Å². The van der Waals surface area contributed by atoms with E-state index >= 15 is 0 Å². The topological polar surface area (TPSA) is 129 Å². The summed E-state index contributed by atoms with van der Waals surface area (Å²) in [6.07, 6.45) is 0. The number of fused-ring (bicyclic) bond motifs is 4. The lowest BCUT2D eigenvalue weighted by Crippen LogP contribution is -2.90. The minimum absolute atomic E-state index is 0.531. The van der Waals surface area contributed by atoms with E-state index in [0.29, 0.717) is 41.5 Å². The van der Waals surface area contributed by atoms with Crippen molar-refractivity contribution in [1.82, 2.24) is 0 Å². The van der Waals surface area contributed by atoms with Gasteiger partial charge in [-0.2, -0.15) is 0 Å². The van der Waals surface area contributed by atoms with Gasteiger partial charge in [-0.05, 0) is 39.3 Å². The third kappa shape index (κ3) is 11.8. The fourth-order valence-electron chi connectivity index (χ4n) is 10.0. The molecule has 81 heavy (non-hydrogen) atoms. The fourth-order valence-corrected chi connectivity index (χ4v) is 63.6. The molecule has 12 rings (SSSR count). The SMILES string of the molecule is C[SiH2]O[Si]1(c2ccccc2)O[Si]2(c3ccccc3)O[Si](O[SiH](C)C)(c3ccccc3)O[Si](c3ccccc3)(O1)O[Si]1(c3ccccc3)O[Si](O[SiH](C)C)(c3ccccc3)O[Si](c3ccccc3)(O[Si](O[SiH](C)C)(c3ccccc3)O1)O2. The average molecular weight is 1290 g/mol. The normalized spacial score (nSPS) is 29.8. The summed E-state index contributed by atoms with van der Waals surface area (Å²) < 4.78 is 115. The first-order valence-electron chi connectivity index (χ1n) is 27.4. The largest absolute Gasteiger partial charge is 0.515 e. The van der Waals surface area contributed by atoms with Gasteiger partial charge in [0.1, 0.15) is 9.76 Å². The van der Waals surface area contributed by atoms with Gasteiger partial charge in [0, 0.05) is 41.5 Å². The predicted molar refractivity (Wildman–Crippen MR) is 341 cm³/mol. The van der Waals surface area contributed by atoms with Crippen molar-refractivity contribution in [3.8, 4) is 0 Å². The molecule has 8 aromatic carbocycles. The van der Waals surface area contributed by atoms with Gasteiger partial charge in [0.2, 0.25) is 0 Å². The molecule has 418 valence electrons. The van der Waals surface area contributed by atoms with E-state index in [1.807, 2.05) is 243 Å².